The Balaban J connectivity index is 1.64. The number of benzene rings is 2. The molecule has 0 bridgehead atoms. The van der Waals surface area contributed by atoms with Crippen LogP contribution in [0.2, 0.25) is 0 Å². The molecule has 1 atom stereocenters. The number of nitrogens with zero attached hydrogens (tertiary/aromatic N) is 2. The van der Waals surface area contributed by atoms with Crippen molar-refractivity contribution in [1.82, 2.24) is 0 Å². The zero-order chi connectivity index (χ0) is 23.8. The minimum absolute atomic E-state index is 0.0178. The van der Waals surface area contributed by atoms with Crippen molar-refractivity contribution < 1.29 is 14.3 Å². The van der Waals surface area contributed by atoms with Crippen LogP contribution in [-0.4, -0.2) is 44.7 Å². The summed E-state index contributed by atoms with van der Waals surface area (Å²) in [4.78, 5) is 29.5. The summed E-state index contributed by atoms with van der Waals surface area (Å²) in [5.41, 5.74) is 4.85. The van der Waals surface area contributed by atoms with Crippen molar-refractivity contribution in [1.29, 1.82) is 0 Å². The summed E-state index contributed by atoms with van der Waals surface area (Å²) in [5, 5.41) is 3.04. The van der Waals surface area contributed by atoms with E-state index in [1.54, 1.807) is 0 Å². The van der Waals surface area contributed by atoms with E-state index in [0.717, 1.165) is 62.5 Å². The van der Waals surface area contributed by atoms with Crippen molar-refractivity contribution in [3.05, 3.63) is 53.6 Å². The fourth-order valence-corrected chi connectivity index (χ4v) is 4.47. The molecule has 1 heterocycles. The summed E-state index contributed by atoms with van der Waals surface area (Å²) in [6, 6.07) is 13.8. The highest BCUT2D eigenvalue weighted by atomic mass is 16.5. The average Bonchev–Trinajstić information content (AvgIpc) is 3.08. The second-order valence-corrected chi connectivity index (χ2v) is 8.54. The molecule has 0 aliphatic carbocycles. The van der Waals surface area contributed by atoms with Gasteiger partial charge in [0, 0.05) is 48.8 Å². The van der Waals surface area contributed by atoms with Gasteiger partial charge in [0.1, 0.15) is 0 Å². The molecule has 2 aromatic carbocycles. The van der Waals surface area contributed by atoms with Gasteiger partial charge >= 0.3 is 5.97 Å². The smallest absolute Gasteiger partial charge is 0.308 e. The normalized spacial score (nSPS) is 16.1. The first-order valence-electron chi connectivity index (χ1n) is 12.1. The number of hydrogen-bond donors (Lipinski definition) is 1. The topological polar surface area (TPSA) is 61.9 Å². The Morgan fingerprint density at radius 1 is 1.03 bits per heavy atom. The minimum atomic E-state index is -0.117. The Kier molecular flexibility index (Phi) is 8.75. The molecule has 1 saturated heterocycles. The lowest BCUT2D eigenvalue weighted by Gasteiger charge is -2.24. The standard InChI is InChI=1S/C27H37N3O3/c1-5-29(6-2)25-19-23(13-10-20(25)4)28-26(31)21-11-14-24(15-12-21)30-17-8-9-22(16-18-30)27(32)33-7-3/h10-15,19,22H,5-9,16-18H2,1-4H3,(H,28,31). The molecule has 0 radical (unpaired) electrons. The van der Waals surface area contributed by atoms with Crippen LogP contribution >= 0.6 is 0 Å². The van der Waals surface area contributed by atoms with Gasteiger partial charge in [-0.25, -0.2) is 0 Å². The van der Waals surface area contributed by atoms with Gasteiger partial charge in [-0.05, 0) is 88.9 Å². The van der Waals surface area contributed by atoms with E-state index in [1.807, 2.05) is 43.3 Å². The second kappa shape index (κ2) is 11.7. The van der Waals surface area contributed by atoms with Crippen LogP contribution < -0.4 is 15.1 Å². The molecule has 0 saturated carbocycles. The summed E-state index contributed by atoms with van der Waals surface area (Å²) < 4.78 is 5.20. The molecule has 1 N–H and O–H groups in total. The molecule has 6 heteroatoms. The van der Waals surface area contributed by atoms with Crippen LogP contribution in [0.15, 0.2) is 42.5 Å². The van der Waals surface area contributed by atoms with E-state index in [9.17, 15) is 9.59 Å². The quantitative estimate of drug-likeness (QED) is 0.555. The predicted molar refractivity (Wildman–Crippen MR) is 135 cm³/mol. The van der Waals surface area contributed by atoms with Crippen LogP contribution in [0.4, 0.5) is 17.1 Å². The molecule has 0 spiro atoms. The van der Waals surface area contributed by atoms with Crippen molar-refractivity contribution in [3.8, 4) is 0 Å². The van der Waals surface area contributed by atoms with Crippen molar-refractivity contribution >= 4 is 28.9 Å². The Hall–Kier alpha value is -3.02. The van der Waals surface area contributed by atoms with Gasteiger partial charge in [0.15, 0.2) is 0 Å². The van der Waals surface area contributed by atoms with E-state index in [2.05, 4.69) is 42.0 Å². The van der Waals surface area contributed by atoms with Gasteiger partial charge in [-0.1, -0.05) is 6.07 Å². The van der Waals surface area contributed by atoms with E-state index in [-0.39, 0.29) is 17.8 Å². The summed E-state index contributed by atoms with van der Waals surface area (Å²) in [5.74, 6) is -0.212. The third kappa shape index (κ3) is 6.28. The van der Waals surface area contributed by atoms with E-state index < -0.39 is 0 Å². The van der Waals surface area contributed by atoms with Gasteiger partial charge in [-0.3, -0.25) is 9.59 Å². The molecule has 3 rings (SSSR count). The third-order valence-corrected chi connectivity index (χ3v) is 6.41. The maximum atomic E-state index is 12.9. The number of rotatable bonds is 8. The van der Waals surface area contributed by atoms with Crippen LogP contribution in [0.1, 0.15) is 56.0 Å². The molecule has 0 aromatic heterocycles. The zero-order valence-electron chi connectivity index (χ0n) is 20.4. The summed E-state index contributed by atoms with van der Waals surface area (Å²) >= 11 is 0. The van der Waals surface area contributed by atoms with Crippen LogP contribution in [-0.2, 0) is 9.53 Å². The molecule has 1 unspecified atom stereocenters. The highest BCUT2D eigenvalue weighted by Gasteiger charge is 2.24. The fourth-order valence-electron chi connectivity index (χ4n) is 4.47. The predicted octanol–water partition coefficient (Wildman–Crippen LogP) is 5.26. The zero-order valence-corrected chi connectivity index (χ0v) is 20.4. The number of esters is 1. The lowest BCUT2D eigenvalue weighted by atomic mass is 10.0. The van der Waals surface area contributed by atoms with Gasteiger partial charge in [0.05, 0.1) is 12.5 Å². The molecule has 1 amide bonds. The molecule has 6 nitrogen and oxygen atoms in total. The molecule has 33 heavy (non-hydrogen) atoms. The van der Waals surface area contributed by atoms with Crippen molar-refractivity contribution in [2.24, 2.45) is 5.92 Å². The summed E-state index contributed by atoms with van der Waals surface area (Å²) in [6.07, 6.45) is 2.61. The maximum Gasteiger partial charge on any atom is 0.308 e. The van der Waals surface area contributed by atoms with Crippen molar-refractivity contribution in [2.45, 2.75) is 47.0 Å². The lowest BCUT2D eigenvalue weighted by molar-refractivity contribution is -0.148. The minimum Gasteiger partial charge on any atom is -0.466 e. The molecule has 1 fully saturated rings. The number of aryl methyl sites for hydroxylation is 1. The van der Waals surface area contributed by atoms with Gasteiger partial charge in [0.2, 0.25) is 0 Å². The van der Waals surface area contributed by atoms with E-state index >= 15 is 0 Å². The van der Waals surface area contributed by atoms with Crippen LogP contribution in [0, 0.1) is 12.8 Å². The van der Waals surface area contributed by atoms with Crippen LogP contribution in [0.5, 0.6) is 0 Å². The van der Waals surface area contributed by atoms with E-state index in [4.69, 9.17) is 4.74 Å². The first kappa shape index (κ1) is 24.6. The molecular formula is C27H37N3O3. The maximum absolute atomic E-state index is 12.9. The van der Waals surface area contributed by atoms with Gasteiger partial charge in [-0.15, -0.1) is 0 Å². The molecule has 1 aliphatic heterocycles. The largest absolute Gasteiger partial charge is 0.466 e. The van der Waals surface area contributed by atoms with Crippen LogP contribution in [0.25, 0.3) is 0 Å². The van der Waals surface area contributed by atoms with Gasteiger partial charge < -0.3 is 19.9 Å². The average molecular weight is 452 g/mol. The van der Waals surface area contributed by atoms with Crippen LogP contribution in [0.3, 0.4) is 0 Å². The van der Waals surface area contributed by atoms with Gasteiger partial charge in [-0.2, -0.15) is 0 Å². The first-order valence-corrected chi connectivity index (χ1v) is 12.1. The number of amides is 1. The van der Waals surface area contributed by atoms with Crippen molar-refractivity contribution in [3.63, 3.8) is 0 Å². The highest BCUT2D eigenvalue weighted by molar-refractivity contribution is 6.04. The number of ether oxygens (including phenoxy) is 1. The Morgan fingerprint density at radius 2 is 1.76 bits per heavy atom. The Bertz CT molecular complexity index is 938. The SMILES string of the molecule is CCOC(=O)C1CCCN(c2ccc(C(=O)Nc3ccc(C)c(N(CC)CC)c3)cc2)CC1. The number of carbonyl (C=O) groups is 2. The van der Waals surface area contributed by atoms with Gasteiger partial charge in [0.25, 0.3) is 5.91 Å². The fraction of sp³-hybridized carbons (Fsp3) is 0.481. The Labute approximate surface area is 197 Å². The molecule has 2 aromatic rings. The number of anilines is 3. The Morgan fingerprint density at radius 3 is 2.42 bits per heavy atom. The lowest BCUT2D eigenvalue weighted by Crippen LogP contribution is -2.25. The highest BCUT2D eigenvalue weighted by Crippen LogP contribution is 2.26. The summed E-state index contributed by atoms with van der Waals surface area (Å²) in [6.45, 7) is 12.2. The van der Waals surface area contributed by atoms with Crippen molar-refractivity contribution in [2.75, 3.05) is 47.9 Å². The monoisotopic (exact) mass is 451 g/mol. The summed E-state index contributed by atoms with van der Waals surface area (Å²) in [7, 11) is 0. The number of nitrogens with one attached hydrogen (secondary N) is 1. The van der Waals surface area contributed by atoms with E-state index in [0.29, 0.717) is 12.2 Å². The van der Waals surface area contributed by atoms with E-state index in [1.165, 1.54) is 5.56 Å². The molecule has 178 valence electrons. The first-order chi connectivity index (χ1) is 16.0. The second-order valence-electron chi connectivity index (χ2n) is 8.54. The molecule has 1 aliphatic rings. The number of hydrogen-bond acceptors (Lipinski definition) is 5. The third-order valence-electron chi connectivity index (χ3n) is 6.41. The number of carbonyl (C=O) groups excluding carboxylic acids is 2. The molecular weight excluding hydrogens is 414 g/mol.